The minimum absolute atomic E-state index is 0.00514. The standard InChI is InChI=1S/C11H14N2O/c1-12-11(14)9-4-2-3-8-5-6-13-7-10(8)9/h2-4,13H,5-7H2,1H3,(H,12,14). The van der Waals surface area contributed by atoms with Crippen LogP contribution in [0.4, 0.5) is 0 Å². The molecule has 1 heterocycles. The van der Waals surface area contributed by atoms with E-state index in [9.17, 15) is 4.79 Å². The lowest BCUT2D eigenvalue weighted by molar-refractivity contribution is 0.0961. The first-order chi connectivity index (χ1) is 6.83. The van der Waals surface area contributed by atoms with Crippen LogP contribution in [-0.4, -0.2) is 19.5 Å². The maximum atomic E-state index is 11.5. The fraction of sp³-hybridized carbons (Fsp3) is 0.364. The van der Waals surface area contributed by atoms with Crippen LogP contribution in [0.25, 0.3) is 0 Å². The van der Waals surface area contributed by atoms with E-state index in [0.717, 1.165) is 30.6 Å². The van der Waals surface area contributed by atoms with Gasteiger partial charge in [-0.3, -0.25) is 4.79 Å². The van der Waals surface area contributed by atoms with Crippen LogP contribution < -0.4 is 10.6 Å². The molecule has 0 unspecified atom stereocenters. The second-order valence-electron chi connectivity index (χ2n) is 3.45. The van der Waals surface area contributed by atoms with E-state index in [2.05, 4.69) is 16.7 Å². The molecular weight excluding hydrogens is 176 g/mol. The number of hydrogen-bond donors (Lipinski definition) is 2. The van der Waals surface area contributed by atoms with Crippen molar-refractivity contribution in [3.8, 4) is 0 Å². The molecule has 1 aliphatic heterocycles. The monoisotopic (exact) mass is 190 g/mol. The van der Waals surface area contributed by atoms with E-state index in [1.807, 2.05) is 12.1 Å². The lowest BCUT2D eigenvalue weighted by Gasteiger charge is -2.19. The molecule has 0 radical (unpaired) electrons. The Morgan fingerprint density at radius 1 is 1.50 bits per heavy atom. The molecular formula is C11H14N2O. The van der Waals surface area contributed by atoms with Crippen LogP contribution >= 0.6 is 0 Å². The Kier molecular flexibility index (Phi) is 2.50. The fourth-order valence-corrected chi connectivity index (χ4v) is 1.86. The van der Waals surface area contributed by atoms with Crippen LogP contribution in [0.3, 0.4) is 0 Å². The molecule has 0 aliphatic carbocycles. The van der Waals surface area contributed by atoms with Gasteiger partial charge >= 0.3 is 0 Å². The third-order valence-electron chi connectivity index (χ3n) is 2.62. The highest BCUT2D eigenvalue weighted by atomic mass is 16.1. The second kappa shape index (κ2) is 3.80. The molecule has 1 amide bonds. The lowest BCUT2D eigenvalue weighted by atomic mass is 9.95. The van der Waals surface area contributed by atoms with Crippen molar-refractivity contribution in [3.05, 3.63) is 34.9 Å². The average Bonchev–Trinajstić information content (AvgIpc) is 2.27. The molecule has 0 spiro atoms. The molecule has 0 fully saturated rings. The van der Waals surface area contributed by atoms with Gasteiger partial charge in [0.05, 0.1) is 0 Å². The summed E-state index contributed by atoms with van der Waals surface area (Å²) in [4.78, 5) is 11.5. The summed E-state index contributed by atoms with van der Waals surface area (Å²) in [6.07, 6.45) is 1.01. The number of hydrogen-bond acceptors (Lipinski definition) is 2. The molecule has 1 aliphatic rings. The summed E-state index contributed by atoms with van der Waals surface area (Å²) in [5, 5.41) is 5.94. The van der Waals surface area contributed by atoms with Gasteiger partial charge in [0, 0.05) is 19.2 Å². The van der Waals surface area contributed by atoms with Crippen LogP contribution in [0.2, 0.25) is 0 Å². The number of benzene rings is 1. The van der Waals surface area contributed by atoms with Crippen molar-refractivity contribution in [1.82, 2.24) is 10.6 Å². The highest BCUT2D eigenvalue weighted by molar-refractivity contribution is 5.95. The largest absolute Gasteiger partial charge is 0.355 e. The first-order valence-electron chi connectivity index (χ1n) is 4.86. The van der Waals surface area contributed by atoms with E-state index in [0.29, 0.717) is 0 Å². The first-order valence-corrected chi connectivity index (χ1v) is 4.86. The molecule has 3 heteroatoms. The number of fused-ring (bicyclic) bond motifs is 1. The Balaban J connectivity index is 2.45. The van der Waals surface area contributed by atoms with Crippen molar-refractivity contribution in [1.29, 1.82) is 0 Å². The van der Waals surface area contributed by atoms with E-state index in [-0.39, 0.29) is 5.91 Å². The van der Waals surface area contributed by atoms with Crippen molar-refractivity contribution in [3.63, 3.8) is 0 Å². The third kappa shape index (κ3) is 1.51. The normalized spacial score (nSPS) is 14.6. The summed E-state index contributed by atoms with van der Waals surface area (Å²) in [6, 6.07) is 5.93. The molecule has 74 valence electrons. The molecule has 2 N–H and O–H groups in total. The van der Waals surface area contributed by atoms with Crippen LogP contribution in [0.5, 0.6) is 0 Å². The average molecular weight is 190 g/mol. The van der Waals surface area contributed by atoms with Gasteiger partial charge in [0.2, 0.25) is 0 Å². The molecule has 0 saturated heterocycles. The summed E-state index contributed by atoms with van der Waals surface area (Å²) in [7, 11) is 1.66. The second-order valence-corrected chi connectivity index (χ2v) is 3.45. The van der Waals surface area contributed by atoms with E-state index in [1.54, 1.807) is 7.05 Å². The van der Waals surface area contributed by atoms with Crippen LogP contribution in [0.1, 0.15) is 21.5 Å². The smallest absolute Gasteiger partial charge is 0.251 e. The number of carbonyl (C=O) groups excluding carboxylic acids is 1. The van der Waals surface area contributed by atoms with Crippen LogP contribution in [0, 0.1) is 0 Å². The zero-order valence-electron chi connectivity index (χ0n) is 8.26. The SMILES string of the molecule is CNC(=O)c1cccc2c1CNCC2. The number of nitrogens with one attached hydrogen (secondary N) is 2. The summed E-state index contributed by atoms with van der Waals surface area (Å²) in [5.41, 5.74) is 3.25. The third-order valence-corrected chi connectivity index (χ3v) is 2.62. The molecule has 2 rings (SSSR count). The number of carbonyl (C=O) groups is 1. The van der Waals surface area contributed by atoms with E-state index in [4.69, 9.17) is 0 Å². The molecule has 0 bridgehead atoms. The molecule has 0 aromatic heterocycles. The minimum atomic E-state index is 0.00514. The zero-order chi connectivity index (χ0) is 9.97. The Morgan fingerprint density at radius 2 is 2.36 bits per heavy atom. The van der Waals surface area contributed by atoms with Crippen molar-refractivity contribution >= 4 is 5.91 Å². The Hall–Kier alpha value is -1.35. The number of amides is 1. The molecule has 14 heavy (non-hydrogen) atoms. The van der Waals surface area contributed by atoms with E-state index < -0.39 is 0 Å². The van der Waals surface area contributed by atoms with E-state index in [1.165, 1.54) is 5.56 Å². The van der Waals surface area contributed by atoms with Crippen molar-refractivity contribution < 1.29 is 4.79 Å². The molecule has 0 saturated carbocycles. The highest BCUT2D eigenvalue weighted by Gasteiger charge is 2.15. The van der Waals surface area contributed by atoms with Crippen molar-refractivity contribution in [2.24, 2.45) is 0 Å². The van der Waals surface area contributed by atoms with Gasteiger partial charge in [-0.05, 0) is 30.2 Å². The topological polar surface area (TPSA) is 41.1 Å². The molecule has 3 nitrogen and oxygen atoms in total. The van der Waals surface area contributed by atoms with E-state index >= 15 is 0 Å². The van der Waals surface area contributed by atoms with Crippen LogP contribution in [-0.2, 0) is 13.0 Å². The molecule has 1 aromatic carbocycles. The van der Waals surface area contributed by atoms with Gasteiger partial charge in [-0.1, -0.05) is 12.1 Å². The van der Waals surface area contributed by atoms with Crippen molar-refractivity contribution in [2.75, 3.05) is 13.6 Å². The van der Waals surface area contributed by atoms with Gasteiger partial charge in [-0.2, -0.15) is 0 Å². The van der Waals surface area contributed by atoms with Crippen LogP contribution in [0.15, 0.2) is 18.2 Å². The minimum Gasteiger partial charge on any atom is -0.355 e. The lowest BCUT2D eigenvalue weighted by Crippen LogP contribution is -2.28. The highest BCUT2D eigenvalue weighted by Crippen LogP contribution is 2.18. The van der Waals surface area contributed by atoms with Gasteiger partial charge in [0.1, 0.15) is 0 Å². The summed E-state index contributed by atoms with van der Waals surface area (Å²) in [6.45, 7) is 1.81. The maximum absolute atomic E-state index is 11.5. The predicted molar refractivity (Wildman–Crippen MR) is 55.2 cm³/mol. The van der Waals surface area contributed by atoms with Crippen molar-refractivity contribution in [2.45, 2.75) is 13.0 Å². The van der Waals surface area contributed by atoms with Gasteiger partial charge in [-0.25, -0.2) is 0 Å². The summed E-state index contributed by atoms with van der Waals surface area (Å²) >= 11 is 0. The summed E-state index contributed by atoms with van der Waals surface area (Å²) < 4.78 is 0. The first kappa shape index (κ1) is 9.21. The Morgan fingerprint density at radius 3 is 3.14 bits per heavy atom. The van der Waals surface area contributed by atoms with Gasteiger partial charge in [0.15, 0.2) is 0 Å². The number of rotatable bonds is 1. The molecule has 1 aromatic rings. The van der Waals surface area contributed by atoms with Gasteiger partial charge in [-0.15, -0.1) is 0 Å². The Bertz CT molecular complexity index is 360. The zero-order valence-corrected chi connectivity index (χ0v) is 8.26. The fourth-order valence-electron chi connectivity index (χ4n) is 1.86. The predicted octanol–water partition coefficient (Wildman–Crippen LogP) is 0.692. The quantitative estimate of drug-likeness (QED) is 0.684. The maximum Gasteiger partial charge on any atom is 0.251 e. The molecule has 0 atom stereocenters. The van der Waals surface area contributed by atoms with Gasteiger partial charge in [0.25, 0.3) is 5.91 Å². The summed E-state index contributed by atoms with van der Waals surface area (Å²) in [5.74, 6) is 0.00514. The van der Waals surface area contributed by atoms with Gasteiger partial charge < -0.3 is 10.6 Å². The Labute approximate surface area is 83.5 Å².